The molecule has 10 heteroatoms. The Morgan fingerprint density at radius 2 is 1.62 bits per heavy atom. The number of esters is 1. The Labute approximate surface area is 275 Å². The van der Waals surface area contributed by atoms with E-state index in [1.807, 2.05) is 66.7 Å². The van der Waals surface area contributed by atoms with Crippen LogP contribution in [-0.4, -0.2) is 39.6 Å². The molecule has 240 valence electrons. The van der Waals surface area contributed by atoms with Gasteiger partial charge in [-0.25, -0.2) is 9.59 Å². The van der Waals surface area contributed by atoms with Crippen molar-refractivity contribution in [2.75, 3.05) is 18.5 Å². The highest BCUT2D eigenvalue weighted by Gasteiger charge is 2.40. The maximum atomic E-state index is 13.2. The first-order valence-electron chi connectivity index (χ1n) is 15.2. The van der Waals surface area contributed by atoms with Crippen LogP contribution in [0.5, 0.6) is 5.75 Å². The number of anilines is 1. The van der Waals surface area contributed by atoms with Crippen LogP contribution in [0.1, 0.15) is 49.9 Å². The number of halogens is 1. The van der Waals surface area contributed by atoms with Crippen LogP contribution < -0.4 is 15.4 Å². The molecule has 2 N–H and O–H groups in total. The molecule has 0 fully saturated rings. The zero-order valence-corrected chi connectivity index (χ0v) is 29.5. The van der Waals surface area contributed by atoms with Crippen molar-refractivity contribution >= 4 is 48.1 Å². The number of carbonyl (C=O) groups excluding carboxylic acids is 2. The van der Waals surface area contributed by atoms with Gasteiger partial charge in [0.05, 0.1) is 17.2 Å². The van der Waals surface area contributed by atoms with E-state index in [1.54, 1.807) is 13.0 Å². The summed E-state index contributed by atoms with van der Waals surface area (Å²) in [5, 5.41) is 6.21. The molecule has 1 atom stereocenters. The number of ether oxygens (including phenoxy) is 3. The van der Waals surface area contributed by atoms with Crippen molar-refractivity contribution in [1.82, 2.24) is 5.32 Å². The molecule has 1 heterocycles. The van der Waals surface area contributed by atoms with Gasteiger partial charge in [-0.05, 0) is 63.8 Å². The summed E-state index contributed by atoms with van der Waals surface area (Å²) in [6.45, 7) is 14.0. The number of amides is 1. The van der Waals surface area contributed by atoms with E-state index in [2.05, 4.69) is 60.4 Å². The number of benzene rings is 3. The number of alkyl carbamates (subject to hydrolysis) is 1. The van der Waals surface area contributed by atoms with Crippen molar-refractivity contribution in [3.63, 3.8) is 0 Å². The zero-order valence-electron chi connectivity index (χ0n) is 26.9. The molecule has 0 spiro atoms. The van der Waals surface area contributed by atoms with E-state index >= 15 is 0 Å². The van der Waals surface area contributed by atoms with Gasteiger partial charge in [-0.1, -0.05) is 81.4 Å². The van der Waals surface area contributed by atoms with Crippen molar-refractivity contribution in [1.29, 1.82) is 0 Å². The summed E-state index contributed by atoms with van der Waals surface area (Å²) < 4.78 is 24.5. The second-order valence-corrected chi connectivity index (χ2v) is 18.0. The van der Waals surface area contributed by atoms with E-state index in [1.165, 1.54) is 0 Å². The number of nitrogens with one attached hydrogen (secondary N) is 2. The molecule has 8 nitrogen and oxygen atoms in total. The minimum Gasteiger partial charge on any atom is -0.488 e. The Morgan fingerprint density at radius 1 is 1.00 bits per heavy atom. The molecular weight excluding hydrogens is 652 g/mol. The maximum absolute atomic E-state index is 13.2. The molecule has 0 unspecified atom stereocenters. The van der Waals surface area contributed by atoms with Gasteiger partial charge >= 0.3 is 12.1 Å². The molecule has 0 saturated carbocycles. The maximum Gasteiger partial charge on any atom is 0.412 e. The summed E-state index contributed by atoms with van der Waals surface area (Å²) >= 11 is 3.77. The van der Waals surface area contributed by atoms with Crippen LogP contribution in [0.2, 0.25) is 18.1 Å². The fraction of sp³-hybridized carbons (Fsp3) is 0.371. The Hall–Kier alpha value is -3.60. The van der Waals surface area contributed by atoms with E-state index in [-0.39, 0.29) is 30.1 Å². The van der Waals surface area contributed by atoms with Crippen molar-refractivity contribution in [2.24, 2.45) is 0 Å². The Morgan fingerprint density at radius 3 is 2.22 bits per heavy atom. The molecule has 0 aliphatic carbocycles. The van der Waals surface area contributed by atoms with Crippen LogP contribution in [0.4, 0.5) is 10.5 Å². The molecule has 4 rings (SSSR count). The van der Waals surface area contributed by atoms with Gasteiger partial charge in [-0.2, -0.15) is 0 Å². The Bertz CT molecular complexity index is 1510. The lowest BCUT2D eigenvalue weighted by Crippen LogP contribution is -2.47. The third-order valence-corrected chi connectivity index (χ3v) is 13.4. The summed E-state index contributed by atoms with van der Waals surface area (Å²) in [6.07, 6.45) is 1.38. The van der Waals surface area contributed by atoms with Gasteiger partial charge in [0.1, 0.15) is 24.7 Å². The van der Waals surface area contributed by atoms with Crippen LogP contribution in [0.25, 0.3) is 6.08 Å². The predicted molar refractivity (Wildman–Crippen MR) is 184 cm³/mol. The highest BCUT2D eigenvalue weighted by atomic mass is 79.9. The number of fused-ring (bicyclic) bond motifs is 1. The number of hydrogen-bond acceptors (Lipinski definition) is 7. The van der Waals surface area contributed by atoms with Gasteiger partial charge < -0.3 is 24.0 Å². The number of rotatable bonds is 11. The van der Waals surface area contributed by atoms with Crippen molar-refractivity contribution in [3.8, 4) is 5.75 Å². The first kappa shape index (κ1) is 34.3. The van der Waals surface area contributed by atoms with E-state index in [0.29, 0.717) is 35.4 Å². The first-order chi connectivity index (χ1) is 21.4. The summed E-state index contributed by atoms with van der Waals surface area (Å²) in [5.41, 5.74) is 4.28. The van der Waals surface area contributed by atoms with Gasteiger partial charge in [-0.3, -0.25) is 5.32 Å². The van der Waals surface area contributed by atoms with Gasteiger partial charge in [0.15, 0.2) is 8.32 Å². The lowest BCUT2D eigenvalue weighted by Gasteiger charge is -2.41. The Kier molecular flexibility index (Phi) is 11.5. The Balaban J connectivity index is 1.70. The number of carbonyl (C=O) groups is 2. The largest absolute Gasteiger partial charge is 0.488 e. The van der Waals surface area contributed by atoms with Crippen LogP contribution in [-0.2, 0) is 38.3 Å². The minimum absolute atomic E-state index is 0.0485. The third kappa shape index (κ3) is 9.21. The van der Waals surface area contributed by atoms with E-state index < -0.39 is 20.4 Å². The lowest BCUT2D eigenvalue weighted by molar-refractivity contribution is -0.138. The van der Waals surface area contributed by atoms with E-state index in [4.69, 9.17) is 18.6 Å². The molecule has 1 aliphatic rings. The zero-order chi connectivity index (χ0) is 32.6. The fourth-order valence-corrected chi connectivity index (χ4v) is 6.57. The molecule has 1 amide bonds. The number of hydrogen-bond donors (Lipinski definition) is 2. The second-order valence-electron chi connectivity index (χ2n) is 12.5. The normalized spacial score (nSPS) is 15.0. The molecule has 0 bridgehead atoms. The van der Waals surface area contributed by atoms with Crippen LogP contribution in [0, 0.1) is 0 Å². The van der Waals surface area contributed by atoms with Gasteiger partial charge in [0.25, 0.3) is 0 Å². The highest BCUT2D eigenvalue weighted by Crippen LogP contribution is 2.42. The third-order valence-electron chi connectivity index (χ3n) is 8.07. The average Bonchev–Trinajstić information content (AvgIpc) is 3.00. The standard InChI is InChI=1S/C35H43BrN2O6Si/c1-7-41-33(39)30(38-34(40)43-23-25-16-12-9-13-17-25)19-28-27-18-26(44-45(5,6)35(2,3)4)21-37-29(27)20-31(32(28)36)42-22-24-14-10-8-11-15-24/h8-17,19-20,26,37H,7,18,21-23H2,1-6H3,(H,38,40)/b30-19-/t26-/m0/s1. The molecule has 45 heavy (non-hydrogen) atoms. The van der Waals surface area contributed by atoms with Crippen molar-refractivity contribution in [3.05, 3.63) is 99.2 Å². The molecule has 3 aromatic rings. The van der Waals surface area contributed by atoms with Crippen LogP contribution in [0.15, 0.2) is 76.9 Å². The molecule has 0 radical (unpaired) electrons. The molecule has 0 aromatic heterocycles. The van der Waals surface area contributed by atoms with E-state index in [9.17, 15) is 9.59 Å². The van der Waals surface area contributed by atoms with Gasteiger partial charge in [0, 0.05) is 30.3 Å². The van der Waals surface area contributed by atoms with Crippen LogP contribution >= 0.6 is 15.9 Å². The van der Waals surface area contributed by atoms with Crippen molar-refractivity contribution in [2.45, 2.75) is 71.6 Å². The monoisotopic (exact) mass is 694 g/mol. The molecule has 0 saturated heterocycles. The SMILES string of the molecule is CCOC(=O)/C(=C/c1c(Br)c(OCc2ccccc2)cc2c1C[C@H](O[Si](C)(C)C(C)(C)C)CN2)NC(=O)OCc1ccccc1. The van der Waals surface area contributed by atoms with Gasteiger partial charge in [0.2, 0.25) is 0 Å². The highest BCUT2D eigenvalue weighted by molar-refractivity contribution is 9.10. The summed E-state index contributed by atoms with van der Waals surface area (Å²) in [7, 11) is -2.06. The van der Waals surface area contributed by atoms with Crippen molar-refractivity contribution < 1.29 is 28.2 Å². The smallest absolute Gasteiger partial charge is 0.412 e. The summed E-state index contributed by atoms with van der Waals surface area (Å²) in [4.78, 5) is 26.0. The topological polar surface area (TPSA) is 95.1 Å². The molecule has 3 aromatic carbocycles. The van der Waals surface area contributed by atoms with E-state index in [0.717, 1.165) is 22.4 Å². The summed E-state index contributed by atoms with van der Waals surface area (Å²) in [5.74, 6) is -0.0850. The second kappa shape index (κ2) is 15.1. The quantitative estimate of drug-likeness (QED) is 0.119. The lowest BCUT2D eigenvalue weighted by atomic mass is 9.95. The fourth-order valence-electron chi connectivity index (χ4n) is 4.63. The predicted octanol–water partition coefficient (Wildman–Crippen LogP) is 8.22. The molecular formula is C35H43BrN2O6Si. The molecule has 1 aliphatic heterocycles. The summed E-state index contributed by atoms with van der Waals surface area (Å²) in [6, 6.07) is 21.2. The first-order valence-corrected chi connectivity index (χ1v) is 18.9. The minimum atomic E-state index is -2.06. The van der Waals surface area contributed by atoms with Crippen LogP contribution in [0.3, 0.4) is 0 Å². The van der Waals surface area contributed by atoms with Gasteiger partial charge in [-0.15, -0.1) is 0 Å². The average molecular weight is 696 g/mol.